The molecule has 16 heteroatoms. The van der Waals surface area contributed by atoms with Crippen LogP contribution < -0.4 is 16.8 Å². The minimum absolute atomic E-state index is 0.0354. The molecule has 3 amide bonds. The van der Waals surface area contributed by atoms with Crippen LogP contribution in [0.4, 0.5) is 10.6 Å². The highest BCUT2D eigenvalue weighted by Crippen LogP contribution is 2.49. The number of nitrogen functional groups attached to an aromatic ring is 1. The van der Waals surface area contributed by atoms with Crippen molar-refractivity contribution in [2.24, 2.45) is 5.73 Å². The molecule has 2 aromatic heterocycles. The number of alkyl carbamates (subject to hydrolysis) is 1. The molecule has 7 atom stereocenters. The van der Waals surface area contributed by atoms with Crippen LogP contribution in [-0.4, -0.2) is 102 Å². The zero-order valence-corrected chi connectivity index (χ0v) is 18.7. The number of rotatable bonds is 5. The minimum atomic E-state index is -2.11. The molecule has 0 aliphatic carbocycles. The van der Waals surface area contributed by atoms with Crippen LogP contribution in [0.5, 0.6) is 0 Å². The number of fused-ring (bicyclic) bond motifs is 3. The lowest BCUT2D eigenvalue weighted by Gasteiger charge is -2.33. The molecular formula is C19H24N8O8. The van der Waals surface area contributed by atoms with Gasteiger partial charge in [0, 0.05) is 20.0 Å². The molecule has 5 rings (SSSR count). The highest BCUT2D eigenvalue weighted by atomic mass is 16.6. The van der Waals surface area contributed by atoms with Gasteiger partial charge in [-0.05, 0) is 6.92 Å². The number of hydrogen-bond donors (Lipinski definition) is 5. The number of likely N-dealkylation sites (tertiary alicyclic amines) is 1. The number of anilines is 1. The van der Waals surface area contributed by atoms with E-state index < -0.39 is 59.9 Å². The molecule has 16 nitrogen and oxygen atoms in total. The predicted molar refractivity (Wildman–Crippen MR) is 113 cm³/mol. The zero-order chi connectivity index (χ0) is 25.3. The quantitative estimate of drug-likeness (QED) is 0.262. The fraction of sp³-hybridized carbons (Fsp3) is 0.579. The van der Waals surface area contributed by atoms with E-state index in [1.165, 1.54) is 29.2 Å². The van der Waals surface area contributed by atoms with E-state index in [1.807, 2.05) is 0 Å². The van der Waals surface area contributed by atoms with Gasteiger partial charge in [0.25, 0.3) is 17.4 Å². The van der Waals surface area contributed by atoms with Gasteiger partial charge in [0.05, 0.1) is 6.33 Å². The molecule has 2 bridgehead atoms. The Morgan fingerprint density at radius 2 is 2.06 bits per heavy atom. The number of primary amides is 1. The molecule has 3 fully saturated rings. The van der Waals surface area contributed by atoms with E-state index in [1.54, 1.807) is 6.92 Å². The van der Waals surface area contributed by atoms with E-state index in [4.69, 9.17) is 25.7 Å². The van der Waals surface area contributed by atoms with Gasteiger partial charge >= 0.3 is 6.09 Å². The van der Waals surface area contributed by atoms with Crippen LogP contribution in [0.15, 0.2) is 12.7 Å². The molecule has 35 heavy (non-hydrogen) atoms. The van der Waals surface area contributed by atoms with Crippen molar-refractivity contribution in [1.29, 1.82) is 0 Å². The highest BCUT2D eigenvalue weighted by molar-refractivity contribution is 6.11. The lowest BCUT2D eigenvalue weighted by Crippen LogP contribution is -2.61. The van der Waals surface area contributed by atoms with E-state index in [-0.39, 0.29) is 24.4 Å². The van der Waals surface area contributed by atoms with Crippen LogP contribution in [0.1, 0.15) is 19.6 Å². The van der Waals surface area contributed by atoms with Gasteiger partial charge in [-0.2, -0.15) is 0 Å². The molecule has 0 aromatic carbocycles. The molecule has 188 valence electrons. The predicted octanol–water partition coefficient (Wildman–Crippen LogP) is -3.04. The maximum atomic E-state index is 12.6. The summed E-state index contributed by atoms with van der Waals surface area (Å²) in [6, 6.07) is 0. The highest BCUT2D eigenvalue weighted by Gasteiger charge is 2.73. The Morgan fingerprint density at radius 3 is 2.74 bits per heavy atom. The number of aliphatic hydroxyl groups excluding tert-OH is 2. The third-order valence-electron chi connectivity index (χ3n) is 6.79. The molecule has 0 saturated carbocycles. The Hall–Kier alpha value is -3.60. The van der Waals surface area contributed by atoms with Gasteiger partial charge in [-0.15, -0.1) is 0 Å². The van der Waals surface area contributed by atoms with Gasteiger partial charge < -0.3 is 46.1 Å². The Morgan fingerprint density at radius 1 is 1.31 bits per heavy atom. The Labute approximate surface area is 197 Å². The second-order valence-electron chi connectivity index (χ2n) is 8.85. The number of carbonyl (C=O) groups is 3. The van der Waals surface area contributed by atoms with Gasteiger partial charge in [-0.25, -0.2) is 19.7 Å². The summed E-state index contributed by atoms with van der Waals surface area (Å²) in [5.41, 5.74) is 8.54. The second kappa shape index (κ2) is 7.70. The maximum Gasteiger partial charge on any atom is 0.407 e. The minimum Gasteiger partial charge on any atom is -0.442 e. The van der Waals surface area contributed by atoms with Crippen molar-refractivity contribution in [3.8, 4) is 0 Å². The molecular weight excluding hydrogens is 468 g/mol. The molecule has 7 N–H and O–H groups in total. The number of nitrogens with zero attached hydrogens (tertiary/aromatic N) is 5. The average molecular weight is 492 g/mol. The first-order valence-electron chi connectivity index (χ1n) is 10.7. The molecule has 3 aliphatic rings. The normalized spacial score (nSPS) is 36.2. The largest absolute Gasteiger partial charge is 0.442 e. The van der Waals surface area contributed by atoms with E-state index in [0.29, 0.717) is 5.52 Å². The van der Waals surface area contributed by atoms with E-state index >= 15 is 0 Å². The van der Waals surface area contributed by atoms with Crippen LogP contribution in [0.2, 0.25) is 0 Å². The lowest BCUT2D eigenvalue weighted by atomic mass is 9.88. The number of aliphatic hydroxyl groups is 2. The summed E-state index contributed by atoms with van der Waals surface area (Å²) in [6.07, 6.45) is -4.50. The number of nitrogens with one attached hydrogen (secondary N) is 1. The van der Waals surface area contributed by atoms with Crippen LogP contribution in [0.25, 0.3) is 11.2 Å². The lowest BCUT2D eigenvalue weighted by molar-refractivity contribution is -0.156. The van der Waals surface area contributed by atoms with Gasteiger partial charge in [-0.1, -0.05) is 0 Å². The van der Waals surface area contributed by atoms with Crippen molar-refractivity contribution in [3.63, 3.8) is 0 Å². The number of nitrogens with two attached hydrogens (primary N) is 2. The molecule has 3 saturated heterocycles. The summed E-state index contributed by atoms with van der Waals surface area (Å²) in [6.45, 7) is 1.32. The molecule has 2 aromatic rings. The van der Waals surface area contributed by atoms with Gasteiger partial charge in [-0.3, -0.25) is 14.2 Å². The topological polar surface area (TPSA) is 230 Å². The van der Waals surface area contributed by atoms with Gasteiger partial charge in [0.1, 0.15) is 35.9 Å². The number of piperidine rings is 1. The van der Waals surface area contributed by atoms with Crippen LogP contribution in [-0.2, 0) is 23.8 Å². The summed E-state index contributed by atoms with van der Waals surface area (Å²) in [4.78, 5) is 50.5. The molecule has 2 unspecified atom stereocenters. The number of hydrogen-bond acceptors (Lipinski definition) is 12. The third kappa shape index (κ3) is 3.21. The summed E-state index contributed by atoms with van der Waals surface area (Å²) < 4.78 is 18.1. The van der Waals surface area contributed by atoms with Crippen molar-refractivity contribution < 1.29 is 38.8 Å². The van der Waals surface area contributed by atoms with Crippen molar-refractivity contribution in [2.45, 2.75) is 55.3 Å². The van der Waals surface area contributed by atoms with Crippen LogP contribution in [0, 0.1) is 0 Å². The van der Waals surface area contributed by atoms with Gasteiger partial charge in [0.15, 0.2) is 23.8 Å². The Kier molecular flexibility index (Phi) is 5.10. The summed E-state index contributed by atoms with van der Waals surface area (Å²) in [5.74, 6) is -1.63. The number of amides is 3. The van der Waals surface area contributed by atoms with Crippen LogP contribution >= 0.6 is 0 Å². The number of aromatic nitrogens is 4. The number of carbonyl (C=O) groups excluding carboxylic acids is 3. The Balaban J connectivity index is 1.25. The Bertz CT molecular complexity index is 1220. The molecule has 0 spiro atoms. The maximum absolute atomic E-state index is 12.6. The fourth-order valence-electron chi connectivity index (χ4n) is 4.77. The summed E-state index contributed by atoms with van der Waals surface area (Å²) in [7, 11) is 1.47. The first-order valence-corrected chi connectivity index (χ1v) is 10.7. The van der Waals surface area contributed by atoms with Crippen LogP contribution in [0.3, 0.4) is 0 Å². The van der Waals surface area contributed by atoms with E-state index in [2.05, 4.69) is 20.3 Å². The number of imidazole rings is 1. The first-order chi connectivity index (χ1) is 16.5. The van der Waals surface area contributed by atoms with Crippen molar-refractivity contribution in [3.05, 3.63) is 12.7 Å². The van der Waals surface area contributed by atoms with Crippen molar-refractivity contribution in [1.82, 2.24) is 29.7 Å². The van der Waals surface area contributed by atoms with Crippen molar-refractivity contribution in [2.75, 3.05) is 19.3 Å². The smallest absolute Gasteiger partial charge is 0.407 e. The monoisotopic (exact) mass is 492 g/mol. The first kappa shape index (κ1) is 23.2. The third-order valence-corrected chi connectivity index (χ3v) is 6.79. The molecule has 0 radical (unpaired) electrons. The summed E-state index contributed by atoms with van der Waals surface area (Å²) in [5, 5.41) is 23.4. The SMILES string of the molecule is CN1C(=O)C2(C(N)=O)O[C@@]1(C)CC2OC(=O)NC[C@H]1O[C@@H](n2cnc3c(N)ncnc32)[C@H](O)[C@@H]1O. The average Bonchev–Trinajstić information content (AvgIpc) is 3.50. The standard InChI is InChI=1S/C19H24N8O8/c1-18-3-8(19(35-18,15(21)30)16(31)26(18)2)34-17(32)22-4-7-10(28)11(29)14(33-7)27-6-25-9-12(20)23-5-24-13(9)27/h5-8,10-11,14,28-29H,3-4H2,1-2H3,(H2,21,30)(H,22,32)(H2,20,23,24)/t7-,8?,10-,11-,14-,18+,19?/m1/s1. The summed E-state index contributed by atoms with van der Waals surface area (Å²) >= 11 is 0. The number of ether oxygens (including phenoxy) is 3. The van der Waals surface area contributed by atoms with E-state index in [9.17, 15) is 24.6 Å². The van der Waals surface area contributed by atoms with E-state index in [0.717, 1.165) is 0 Å². The van der Waals surface area contributed by atoms with Gasteiger partial charge in [0.2, 0.25) is 0 Å². The molecule has 3 aliphatic heterocycles. The second-order valence-corrected chi connectivity index (χ2v) is 8.85. The van der Waals surface area contributed by atoms with Crippen molar-refractivity contribution >= 4 is 34.9 Å². The number of likely N-dealkylation sites (N-methyl/N-ethyl adjacent to an activating group) is 1. The fourth-order valence-corrected chi connectivity index (χ4v) is 4.77. The molecule has 5 heterocycles. The zero-order valence-electron chi connectivity index (χ0n) is 18.7.